The van der Waals surface area contributed by atoms with Crippen molar-refractivity contribution in [2.45, 2.75) is 0 Å². The molecule has 0 N–H and O–H groups in total. The van der Waals surface area contributed by atoms with Gasteiger partial charge in [-0.15, -0.1) is 0 Å². The number of benzene rings is 1. The molecule has 0 radical (unpaired) electrons. The van der Waals surface area contributed by atoms with Gasteiger partial charge < -0.3 is 4.90 Å². The van der Waals surface area contributed by atoms with E-state index in [0.29, 0.717) is 0 Å². The maximum atomic E-state index is 4.50. The number of amidine groups is 1. The van der Waals surface area contributed by atoms with Crippen molar-refractivity contribution in [1.82, 2.24) is 4.90 Å². The molecular formula is C12H10N2. The van der Waals surface area contributed by atoms with Gasteiger partial charge in [-0.05, 0) is 17.7 Å². The first-order chi connectivity index (χ1) is 6.95. The van der Waals surface area contributed by atoms with E-state index in [1.54, 1.807) is 0 Å². The number of fused-ring (bicyclic) bond motifs is 3. The highest BCUT2D eigenvalue weighted by molar-refractivity contribution is 6.05. The third kappa shape index (κ3) is 1.01. The SMILES string of the molecule is C1=CN2C=Cc3ccccc3C2=NC1. The lowest BCUT2D eigenvalue weighted by Gasteiger charge is -2.25. The highest BCUT2D eigenvalue weighted by Gasteiger charge is 2.17. The molecule has 14 heavy (non-hydrogen) atoms. The molecule has 2 aliphatic heterocycles. The summed E-state index contributed by atoms with van der Waals surface area (Å²) in [5, 5.41) is 0. The van der Waals surface area contributed by atoms with Crippen molar-refractivity contribution in [2.75, 3.05) is 6.54 Å². The van der Waals surface area contributed by atoms with Gasteiger partial charge in [0.25, 0.3) is 0 Å². The molecule has 1 aromatic rings. The number of hydrogen-bond donors (Lipinski definition) is 0. The lowest BCUT2D eigenvalue weighted by atomic mass is 10.0. The van der Waals surface area contributed by atoms with E-state index in [-0.39, 0.29) is 0 Å². The van der Waals surface area contributed by atoms with E-state index in [9.17, 15) is 0 Å². The van der Waals surface area contributed by atoms with Gasteiger partial charge in [-0.25, -0.2) is 0 Å². The van der Waals surface area contributed by atoms with Crippen LogP contribution in [0, 0.1) is 0 Å². The van der Waals surface area contributed by atoms with Crippen LogP contribution in [0.4, 0.5) is 0 Å². The topological polar surface area (TPSA) is 15.6 Å². The molecule has 0 spiro atoms. The maximum Gasteiger partial charge on any atom is 0.139 e. The summed E-state index contributed by atoms with van der Waals surface area (Å²) in [6, 6.07) is 8.34. The fraction of sp³-hybridized carbons (Fsp3) is 0.0833. The van der Waals surface area contributed by atoms with E-state index in [1.165, 1.54) is 11.1 Å². The lowest BCUT2D eigenvalue weighted by Crippen LogP contribution is -2.27. The van der Waals surface area contributed by atoms with Crippen molar-refractivity contribution in [3.8, 4) is 0 Å². The van der Waals surface area contributed by atoms with Gasteiger partial charge in [-0.2, -0.15) is 0 Å². The standard InChI is InChI=1S/C12H10N2/c1-2-5-11-10(4-1)6-9-14-8-3-7-13-12(11)14/h1-6,8-9H,7H2. The van der Waals surface area contributed by atoms with Crippen LogP contribution in [0.15, 0.2) is 47.7 Å². The molecule has 0 fully saturated rings. The molecule has 0 unspecified atom stereocenters. The van der Waals surface area contributed by atoms with Crippen LogP contribution in [0.3, 0.4) is 0 Å². The van der Waals surface area contributed by atoms with E-state index in [0.717, 1.165) is 12.4 Å². The Morgan fingerprint density at radius 2 is 2.07 bits per heavy atom. The van der Waals surface area contributed by atoms with Crippen LogP contribution in [0.5, 0.6) is 0 Å². The van der Waals surface area contributed by atoms with Crippen LogP contribution < -0.4 is 0 Å². The third-order valence-electron chi connectivity index (χ3n) is 2.47. The zero-order valence-electron chi connectivity index (χ0n) is 7.72. The minimum Gasteiger partial charge on any atom is -0.309 e. The summed E-state index contributed by atoms with van der Waals surface area (Å²) in [5.41, 5.74) is 2.47. The Bertz CT molecular complexity index is 455. The molecule has 0 saturated heterocycles. The van der Waals surface area contributed by atoms with Gasteiger partial charge in [0.15, 0.2) is 0 Å². The Balaban J connectivity index is 2.20. The van der Waals surface area contributed by atoms with Crippen molar-refractivity contribution in [3.63, 3.8) is 0 Å². The van der Waals surface area contributed by atoms with Gasteiger partial charge in [-0.3, -0.25) is 4.99 Å². The van der Waals surface area contributed by atoms with Crippen LogP contribution in [-0.4, -0.2) is 17.3 Å². The number of hydrogen-bond acceptors (Lipinski definition) is 2. The minimum atomic E-state index is 0.786. The molecule has 0 aliphatic carbocycles. The molecule has 0 saturated carbocycles. The molecule has 1 aromatic carbocycles. The van der Waals surface area contributed by atoms with Crippen molar-refractivity contribution in [3.05, 3.63) is 53.9 Å². The lowest BCUT2D eigenvalue weighted by molar-refractivity contribution is 0.734. The van der Waals surface area contributed by atoms with E-state index in [4.69, 9.17) is 0 Å². The van der Waals surface area contributed by atoms with Crippen molar-refractivity contribution in [1.29, 1.82) is 0 Å². The van der Waals surface area contributed by atoms with Crippen LogP contribution in [0.2, 0.25) is 0 Å². The second-order valence-corrected chi connectivity index (χ2v) is 3.36. The largest absolute Gasteiger partial charge is 0.309 e. The molecule has 0 atom stereocenters. The molecule has 2 nitrogen and oxygen atoms in total. The Labute approximate surface area is 82.9 Å². The minimum absolute atomic E-state index is 0.786. The average molecular weight is 182 g/mol. The number of rotatable bonds is 0. The molecule has 3 rings (SSSR count). The van der Waals surface area contributed by atoms with Gasteiger partial charge in [0.1, 0.15) is 5.84 Å². The predicted molar refractivity (Wildman–Crippen MR) is 57.9 cm³/mol. The first kappa shape index (κ1) is 7.56. The molecule has 2 heterocycles. The first-order valence-electron chi connectivity index (χ1n) is 4.72. The van der Waals surface area contributed by atoms with Gasteiger partial charge in [0.05, 0.1) is 6.54 Å². The zero-order valence-corrected chi connectivity index (χ0v) is 7.72. The number of nitrogens with zero attached hydrogens (tertiary/aromatic N) is 2. The highest BCUT2D eigenvalue weighted by atomic mass is 15.2. The molecule has 2 aliphatic rings. The molecule has 68 valence electrons. The Morgan fingerprint density at radius 1 is 1.14 bits per heavy atom. The number of aliphatic imine (C=N–C) groups is 1. The van der Waals surface area contributed by atoms with Crippen LogP contribution in [0.1, 0.15) is 11.1 Å². The maximum absolute atomic E-state index is 4.50. The van der Waals surface area contributed by atoms with Gasteiger partial charge in [0.2, 0.25) is 0 Å². The van der Waals surface area contributed by atoms with E-state index < -0.39 is 0 Å². The Kier molecular flexibility index (Phi) is 1.53. The van der Waals surface area contributed by atoms with Gasteiger partial charge >= 0.3 is 0 Å². The summed E-state index contributed by atoms with van der Waals surface area (Å²) in [5.74, 6) is 1.06. The molecule has 0 bridgehead atoms. The smallest absolute Gasteiger partial charge is 0.139 e. The third-order valence-corrected chi connectivity index (χ3v) is 2.47. The summed E-state index contributed by atoms with van der Waals surface area (Å²) in [7, 11) is 0. The monoisotopic (exact) mass is 182 g/mol. The van der Waals surface area contributed by atoms with E-state index >= 15 is 0 Å². The average Bonchev–Trinajstić information content (AvgIpc) is 2.29. The van der Waals surface area contributed by atoms with Gasteiger partial charge in [0, 0.05) is 18.0 Å². The predicted octanol–water partition coefficient (Wildman–Crippen LogP) is 2.25. The van der Waals surface area contributed by atoms with Crippen LogP contribution in [-0.2, 0) is 0 Å². The van der Waals surface area contributed by atoms with Gasteiger partial charge in [-0.1, -0.05) is 24.3 Å². The molecule has 0 aromatic heterocycles. The zero-order chi connectivity index (χ0) is 9.38. The normalized spacial score (nSPS) is 17.4. The summed E-state index contributed by atoms with van der Waals surface area (Å²) >= 11 is 0. The summed E-state index contributed by atoms with van der Waals surface area (Å²) in [6.45, 7) is 0.786. The Morgan fingerprint density at radius 3 is 3.07 bits per heavy atom. The molecular weight excluding hydrogens is 172 g/mol. The summed E-state index contributed by atoms with van der Waals surface area (Å²) in [4.78, 5) is 6.56. The van der Waals surface area contributed by atoms with Crippen molar-refractivity contribution >= 4 is 11.9 Å². The fourth-order valence-electron chi connectivity index (χ4n) is 1.80. The van der Waals surface area contributed by atoms with Crippen LogP contribution in [0.25, 0.3) is 6.08 Å². The van der Waals surface area contributed by atoms with Crippen molar-refractivity contribution < 1.29 is 0 Å². The van der Waals surface area contributed by atoms with E-state index in [1.807, 2.05) is 0 Å². The quantitative estimate of drug-likeness (QED) is 0.600. The summed E-state index contributed by atoms with van der Waals surface area (Å²) in [6.07, 6.45) is 8.29. The Hall–Kier alpha value is -1.83. The fourth-order valence-corrected chi connectivity index (χ4v) is 1.80. The molecule has 2 heteroatoms. The van der Waals surface area contributed by atoms with E-state index in [2.05, 4.69) is 58.7 Å². The highest BCUT2D eigenvalue weighted by Crippen LogP contribution is 2.21. The second kappa shape index (κ2) is 2.84. The van der Waals surface area contributed by atoms with Crippen LogP contribution >= 0.6 is 0 Å². The molecule has 0 amide bonds. The van der Waals surface area contributed by atoms with Crippen molar-refractivity contribution in [2.24, 2.45) is 4.99 Å². The first-order valence-corrected chi connectivity index (χ1v) is 4.72. The summed E-state index contributed by atoms with van der Waals surface area (Å²) < 4.78 is 0. The second-order valence-electron chi connectivity index (χ2n) is 3.36.